The lowest BCUT2D eigenvalue weighted by Gasteiger charge is -2.29. The molecule has 0 amide bonds. The van der Waals surface area contributed by atoms with Gasteiger partial charge < -0.3 is 11.5 Å². The quantitative estimate of drug-likeness (QED) is 0.688. The normalized spacial score (nSPS) is 14.4. The largest absolute Gasteiger partial charge is 0.306 e. The van der Waals surface area contributed by atoms with Gasteiger partial charge in [-0.15, -0.1) is 0 Å². The van der Waals surface area contributed by atoms with Gasteiger partial charge in [-0.2, -0.15) is 0 Å². The van der Waals surface area contributed by atoms with Gasteiger partial charge in [0.1, 0.15) is 5.66 Å². The summed E-state index contributed by atoms with van der Waals surface area (Å²) in [6.07, 6.45) is 2.21. The first-order valence-corrected chi connectivity index (χ1v) is 9.50. The van der Waals surface area contributed by atoms with E-state index in [2.05, 4.69) is 77.9 Å². The highest BCUT2D eigenvalue weighted by molar-refractivity contribution is 5.44. The SMILES string of the molecule is CCC(C)c1cc(C)cc(C(N)(N)c2cc(C)cc(C(C)CC)c2)c1. The average Bonchev–Trinajstić information content (AvgIpc) is 2.59. The summed E-state index contributed by atoms with van der Waals surface area (Å²) in [5.74, 6) is 1.00. The lowest BCUT2D eigenvalue weighted by atomic mass is 9.85. The highest BCUT2D eigenvalue weighted by atomic mass is 15.0. The number of benzene rings is 2. The number of nitrogens with two attached hydrogens (primary N) is 2. The van der Waals surface area contributed by atoms with Crippen LogP contribution in [0.1, 0.15) is 85.8 Å². The molecule has 0 fully saturated rings. The van der Waals surface area contributed by atoms with E-state index in [9.17, 15) is 0 Å². The van der Waals surface area contributed by atoms with Crippen molar-refractivity contribution in [2.75, 3.05) is 0 Å². The van der Waals surface area contributed by atoms with Crippen molar-refractivity contribution < 1.29 is 0 Å². The van der Waals surface area contributed by atoms with Crippen LogP contribution >= 0.6 is 0 Å². The second kappa shape index (κ2) is 7.72. The molecule has 0 aromatic heterocycles. The van der Waals surface area contributed by atoms with Gasteiger partial charge in [0, 0.05) is 0 Å². The van der Waals surface area contributed by atoms with Crippen LogP contribution in [0.25, 0.3) is 0 Å². The van der Waals surface area contributed by atoms with Crippen LogP contribution in [0.15, 0.2) is 36.4 Å². The summed E-state index contributed by atoms with van der Waals surface area (Å²) >= 11 is 0. The van der Waals surface area contributed by atoms with E-state index in [1.54, 1.807) is 0 Å². The molecule has 2 aromatic carbocycles. The van der Waals surface area contributed by atoms with E-state index in [0.29, 0.717) is 11.8 Å². The maximum Gasteiger partial charge on any atom is 0.116 e. The van der Waals surface area contributed by atoms with Crippen LogP contribution in [0.4, 0.5) is 0 Å². The second-order valence-corrected chi connectivity index (χ2v) is 7.75. The highest BCUT2D eigenvalue weighted by Crippen LogP contribution is 2.30. The van der Waals surface area contributed by atoms with Gasteiger partial charge in [0.25, 0.3) is 0 Å². The molecule has 4 N–H and O–H groups in total. The van der Waals surface area contributed by atoms with Gasteiger partial charge in [0.15, 0.2) is 0 Å². The van der Waals surface area contributed by atoms with Gasteiger partial charge in [0.05, 0.1) is 0 Å². The molecule has 0 saturated heterocycles. The zero-order chi connectivity index (χ0) is 18.8. The van der Waals surface area contributed by atoms with Crippen molar-refractivity contribution in [3.8, 4) is 0 Å². The van der Waals surface area contributed by atoms with E-state index in [1.165, 1.54) is 22.3 Å². The summed E-state index contributed by atoms with van der Waals surface area (Å²) < 4.78 is 0. The lowest BCUT2D eigenvalue weighted by molar-refractivity contribution is 0.562. The zero-order valence-electron chi connectivity index (χ0n) is 16.7. The standard InChI is InChI=1S/C23H34N2/c1-7-17(5)19-9-15(3)11-21(13-19)23(24,25)22-12-16(4)10-20(14-22)18(6)8-2/h9-14,17-18H,7-8,24-25H2,1-6H3. The van der Waals surface area contributed by atoms with E-state index < -0.39 is 5.66 Å². The molecule has 2 rings (SSSR count). The Hall–Kier alpha value is -1.64. The fourth-order valence-corrected chi connectivity index (χ4v) is 3.31. The second-order valence-electron chi connectivity index (χ2n) is 7.75. The molecule has 2 aromatic rings. The molecule has 2 atom stereocenters. The van der Waals surface area contributed by atoms with Crippen molar-refractivity contribution in [1.29, 1.82) is 0 Å². The predicted molar refractivity (Wildman–Crippen MR) is 109 cm³/mol. The molecular formula is C23H34N2. The monoisotopic (exact) mass is 338 g/mol. The Morgan fingerprint density at radius 1 is 0.720 bits per heavy atom. The van der Waals surface area contributed by atoms with Crippen molar-refractivity contribution in [2.45, 2.75) is 71.9 Å². The van der Waals surface area contributed by atoms with E-state index >= 15 is 0 Å². The average molecular weight is 339 g/mol. The third-order valence-corrected chi connectivity index (χ3v) is 5.52. The molecule has 0 bridgehead atoms. The molecular weight excluding hydrogens is 304 g/mol. The van der Waals surface area contributed by atoms with Crippen molar-refractivity contribution in [2.24, 2.45) is 11.5 Å². The van der Waals surface area contributed by atoms with Crippen LogP contribution in [0.5, 0.6) is 0 Å². The van der Waals surface area contributed by atoms with Gasteiger partial charge in [-0.3, -0.25) is 0 Å². The Labute approximate surface area is 153 Å². The third kappa shape index (κ3) is 4.31. The molecule has 0 radical (unpaired) electrons. The van der Waals surface area contributed by atoms with Crippen LogP contribution in [-0.2, 0) is 5.66 Å². The van der Waals surface area contributed by atoms with Crippen LogP contribution in [0.3, 0.4) is 0 Å². The minimum Gasteiger partial charge on any atom is -0.306 e. The summed E-state index contributed by atoms with van der Waals surface area (Å²) in [7, 11) is 0. The van der Waals surface area contributed by atoms with Crippen molar-refractivity contribution >= 4 is 0 Å². The molecule has 0 aliphatic rings. The van der Waals surface area contributed by atoms with Gasteiger partial charge in [-0.25, -0.2) is 0 Å². The molecule has 0 aliphatic heterocycles. The first kappa shape index (κ1) is 19.7. The Kier molecular flexibility index (Phi) is 6.08. The highest BCUT2D eigenvalue weighted by Gasteiger charge is 2.26. The first-order valence-electron chi connectivity index (χ1n) is 9.50. The number of hydrogen-bond acceptors (Lipinski definition) is 2. The fraction of sp³-hybridized carbons (Fsp3) is 0.478. The topological polar surface area (TPSA) is 52.0 Å². The van der Waals surface area contributed by atoms with Crippen LogP contribution in [0, 0.1) is 13.8 Å². The van der Waals surface area contributed by atoms with Gasteiger partial charge in [-0.1, -0.05) is 75.2 Å². The molecule has 136 valence electrons. The molecule has 0 heterocycles. The zero-order valence-corrected chi connectivity index (χ0v) is 16.7. The minimum atomic E-state index is -0.984. The van der Waals surface area contributed by atoms with Crippen LogP contribution in [0.2, 0.25) is 0 Å². The Morgan fingerprint density at radius 2 is 1.08 bits per heavy atom. The van der Waals surface area contributed by atoms with E-state index in [0.717, 1.165) is 24.0 Å². The molecule has 0 saturated carbocycles. The van der Waals surface area contributed by atoms with Gasteiger partial charge >= 0.3 is 0 Å². The van der Waals surface area contributed by atoms with Crippen LogP contribution < -0.4 is 11.5 Å². The lowest BCUT2D eigenvalue weighted by Crippen LogP contribution is -2.47. The summed E-state index contributed by atoms with van der Waals surface area (Å²) in [4.78, 5) is 0. The summed E-state index contributed by atoms with van der Waals surface area (Å²) in [5, 5.41) is 0. The number of hydrogen-bond donors (Lipinski definition) is 2. The Morgan fingerprint density at radius 3 is 1.40 bits per heavy atom. The Balaban J connectivity index is 2.55. The number of rotatable bonds is 6. The van der Waals surface area contributed by atoms with E-state index in [4.69, 9.17) is 11.5 Å². The summed E-state index contributed by atoms with van der Waals surface area (Å²) in [6.45, 7) is 13.2. The summed E-state index contributed by atoms with van der Waals surface area (Å²) in [6, 6.07) is 13.1. The summed E-state index contributed by atoms with van der Waals surface area (Å²) in [5.41, 5.74) is 19.4. The fourth-order valence-electron chi connectivity index (χ4n) is 3.31. The van der Waals surface area contributed by atoms with Gasteiger partial charge in [0.2, 0.25) is 0 Å². The molecule has 2 heteroatoms. The molecule has 2 nitrogen and oxygen atoms in total. The van der Waals surface area contributed by atoms with Crippen molar-refractivity contribution in [3.63, 3.8) is 0 Å². The molecule has 0 spiro atoms. The van der Waals surface area contributed by atoms with Crippen molar-refractivity contribution in [3.05, 3.63) is 69.8 Å². The van der Waals surface area contributed by atoms with Crippen molar-refractivity contribution in [1.82, 2.24) is 0 Å². The molecule has 25 heavy (non-hydrogen) atoms. The van der Waals surface area contributed by atoms with E-state index in [-0.39, 0.29) is 0 Å². The molecule has 2 unspecified atom stereocenters. The minimum absolute atomic E-state index is 0.502. The molecule has 0 aliphatic carbocycles. The smallest absolute Gasteiger partial charge is 0.116 e. The third-order valence-electron chi connectivity index (χ3n) is 5.52. The predicted octanol–water partition coefficient (Wildman–Crippen LogP) is 5.45. The van der Waals surface area contributed by atoms with Gasteiger partial charge in [-0.05, 0) is 60.8 Å². The Bertz CT molecular complexity index is 669. The maximum atomic E-state index is 6.70. The van der Waals surface area contributed by atoms with E-state index in [1.807, 2.05) is 0 Å². The van der Waals surface area contributed by atoms with Crippen LogP contribution in [-0.4, -0.2) is 0 Å². The number of aryl methyl sites for hydroxylation is 2. The first-order chi connectivity index (χ1) is 11.7. The maximum absolute atomic E-state index is 6.70.